The summed E-state index contributed by atoms with van der Waals surface area (Å²) in [6.07, 6.45) is -0.252. The van der Waals surface area contributed by atoms with Crippen LogP contribution in [-0.2, 0) is 11.3 Å². The Morgan fingerprint density at radius 1 is 1.10 bits per heavy atom. The van der Waals surface area contributed by atoms with E-state index in [2.05, 4.69) is 15.5 Å². The number of aromatic nitrogens is 3. The highest BCUT2D eigenvalue weighted by molar-refractivity contribution is 7.99. The molecule has 2 aromatic carbocycles. The summed E-state index contributed by atoms with van der Waals surface area (Å²) in [5.41, 5.74) is 4.18. The van der Waals surface area contributed by atoms with Gasteiger partial charge in [-0.3, -0.25) is 4.79 Å². The van der Waals surface area contributed by atoms with Crippen LogP contribution in [0.25, 0.3) is 0 Å². The van der Waals surface area contributed by atoms with Crippen molar-refractivity contribution in [1.29, 1.82) is 0 Å². The van der Waals surface area contributed by atoms with E-state index in [1.807, 2.05) is 81.7 Å². The summed E-state index contributed by atoms with van der Waals surface area (Å²) in [5.74, 6) is 1.74. The predicted octanol–water partition coefficient (Wildman–Crippen LogP) is 5.09. The number of thioether (sulfide) groups is 1. The number of nitrogens with one attached hydrogen (secondary N) is 1. The van der Waals surface area contributed by atoms with Crippen LogP contribution in [0.15, 0.2) is 47.6 Å². The van der Waals surface area contributed by atoms with Gasteiger partial charge in [0, 0.05) is 12.2 Å². The predicted molar refractivity (Wildman–Crippen MR) is 121 cm³/mol. The molecule has 0 saturated carbocycles. The number of amides is 1. The van der Waals surface area contributed by atoms with E-state index in [0.29, 0.717) is 11.7 Å². The van der Waals surface area contributed by atoms with Crippen LogP contribution < -0.4 is 10.1 Å². The second-order valence-corrected chi connectivity index (χ2v) is 8.26. The number of anilines is 1. The molecule has 0 saturated heterocycles. The zero-order valence-corrected chi connectivity index (χ0v) is 18.9. The normalized spacial score (nSPS) is 11.9. The topological polar surface area (TPSA) is 69.0 Å². The van der Waals surface area contributed by atoms with E-state index in [0.717, 1.165) is 28.4 Å². The zero-order chi connectivity index (χ0) is 21.7. The van der Waals surface area contributed by atoms with Crippen LogP contribution in [0.2, 0.25) is 0 Å². The third kappa shape index (κ3) is 5.42. The van der Waals surface area contributed by atoms with Crippen LogP contribution in [0.1, 0.15) is 42.5 Å². The number of hydrogen-bond donors (Lipinski definition) is 1. The molecule has 0 aliphatic rings. The van der Waals surface area contributed by atoms with Gasteiger partial charge in [0.25, 0.3) is 0 Å². The van der Waals surface area contributed by atoms with Gasteiger partial charge in [-0.25, -0.2) is 0 Å². The molecule has 0 aliphatic heterocycles. The Morgan fingerprint density at radius 3 is 2.50 bits per heavy atom. The lowest BCUT2D eigenvalue weighted by molar-refractivity contribution is -0.113. The summed E-state index contributed by atoms with van der Waals surface area (Å²) in [7, 11) is 0. The van der Waals surface area contributed by atoms with Gasteiger partial charge in [0.15, 0.2) is 17.1 Å². The molecule has 1 heterocycles. The summed E-state index contributed by atoms with van der Waals surface area (Å²) < 4.78 is 8.02. The van der Waals surface area contributed by atoms with Crippen molar-refractivity contribution >= 4 is 23.4 Å². The van der Waals surface area contributed by atoms with Crippen molar-refractivity contribution in [3.05, 3.63) is 65.0 Å². The van der Waals surface area contributed by atoms with Crippen molar-refractivity contribution in [2.75, 3.05) is 11.1 Å². The van der Waals surface area contributed by atoms with Gasteiger partial charge in [0.2, 0.25) is 5.91 Å². The molecule has 30 heavy (non-hydrogen) atoms. The second kappa shape index (κ2) is 9.80. The van der Waals surface area contributed by atoms with Gasteiger partial charge in [-0.05, 0) is 63.9 Å². The van der Waals surface area contributed by atoms with Gasteiger partial charge in [-0.1, -0.05) is 41.6 Å². The SMILES string of the molecule is CCn1c(SCC(=O)Nc2cc(C)ccc2C)nnc1C(C)Oc1ccc(C)cc1. The molecular formula is C23H28N4O2S. The third-order valence-electron chi connectivity index (χ3n) is 4.76. The fourth-order valence-electron chi connectivity index (χ4n) is 3.07. The lowest BCUT2D eigenvalue weighted by atomic mass is 10.1. The highest BCUT2D eigenvalue weighted by Gasteiger charge is 2.19. The van der Waals surface area contributed by atoms with Crippen molar-refractivity contribution < 1.29 is 9.53 Å². The molecule has 1 unspecified atom stereocenters. The van der Waals surface area contributed by atoms with Gasteiger partial charge < -0.3 is 14.6 Å². The van der Waals surface area contributed by atoms with Crippen molar-refractivity contribution in [3.63, 3.8) is 0 Å². The van der Waals surface area contributed by atoms with Crippen LogP contribution in [0.5, 0.6) is 5.75 Å². The molecule has 0 spiro atoms. The minimum Gasteiger partial charge on any atom is -0.483 e. The molecule has 1 aromatic heterocycles. The number of rotatable bonds is 8. The number of carbonyl (C=O) groups is 1. The molecule has 0 bridgehead atoms. The first-order chi connectivity index (χ1) is 14.4. The minimum absolute atomic E-state index is 0.0649. The molecular weight excluding hydrogens is 396 g/mol. The van der Waals surface area contributed by atoms with E-state index >= 15 is 0 Å². The number of nitrogens with zero attached hydrogens (tertiary/aromatic N) is 3. The summed E-state index contributed by atoms with van der Waals surface area (Å²) in [4.78, 5) is 12.4. The van der Waals surface area contributed by atoms with Crippen LogP contribution >= 0.6 is 11.8 Å². The van der Waals surface area contributed by atoms with E-state index in [4.69, 9.17) is 4.74 Å². The minimum atomic E-state index is -0.252. The van der Waals surface area contributed by atoms with E-state index in [-0.39, 0.29) is 17.8 Å². The van der Waals surface area contributed by atoms with Crippen molar-refractivity contribution in [2.45, 2.75) is 52.4 Å². The lowest BCUT2D eigenvalue weighted by Gasteiger charge is -2.15. The highest BCUT2D eigenvalue weighted by atomic mass is 32.2. The van der Waals surface area contributed by atoms with E-state index in [1.54, 1.807) is 0 Å². The maximum absolute atomic E-state index is 12.4. The Balaban J connectivity index is 1.64. The number of carbonyl (C=O) groups excluding carboxylic acids is 1. The molecule has 1 N–H and O–H groups in total. The molecule has 6 nitrogen and oxygen atoms in total. The first kappa shape index (κ1) is 21.9. The first-order valence-corrected chi connectivity index (χ1v) is 11.0. The summed E-state index contributed by atoms with van der Waals surface area (Å²) in [5, 5.41) is 12.3. The first-order valence-electron chi connectivity index (χ1n) is 10.0. The number of hydrogen-bond acceptors (Lipinski definition) is 5. The molecule has 158 valence electrons. The van der Waals surface area contributed by atoms with Crippen LogP contribution in [0.4, 0.5) is 5.69 Å². The van der Waals surface area contributed by atoms with Gasteiger partial charge in [-0.2, -0.15) is 0 Å². The maximum Gasteiger partial charge on any atom is 0.234 e. The molecule has 0 radical (unpaired) electrons. The maximum atomic E-state index is 12.4. The largest absolute Gasteiger partial charge is 0.483 e. The van der Waals surface area contributed by atoms with Crippen molar-refractivity contribution in [2.24, 2.45) is 0 Å². The Bertz CT molecular complexity index is 1010. The zero-order valence-electron chi connectivity index (χ0n) is 18.1. The third-order valence-corrected chi connectivity index (χ3v) is 5.73. The van der Waals surface area contributed by atoms with E-state index in [9.17, 15) is 4.79 Å². The lowest BCUT2D eigenvalue weighted by Crippen LogP contribution is -2.16. The Morgan fingerprint density at radius 2 is 1.80 bits per heavy atom. The van der Waals surface area contributed by atoms with Gasteiger partial charge >= 0.3 is 0 Å². The van der Waals surface area contributed by atoms with Gasteiger partial charge in [-0.15, -0.1) is 10.2 Å². The highest BCUT2D eigenvalue weighted by Crippen LogP contribution is 2.25. The Kier molecular flexibility index (Phi) is 7.15. The van der Waals surface area contributed by atoms with Crippen LogP contribution in [0.3, 0.4) is 0 Å². The van der Waals surface area contributed by atoms with E-state index in [1.165, 1.54) is 17.3 Å². The number of aryl methyl sites for hydroxylation is 3. The Labute approximate surface area is 182 Å². The average molecular weight is 425 g/mol. The van der Waals surface area contributed by atoms with Crippen LogP contribution in [0, 0.1) is 20.8 Å². The summed E-state index contributed by atoms with van der Waals surface area (Å²) >= 11 is 1.38. The van der Waals surface area contributed by atoms with Gasteiger partial charge in [0.05, 0.1) is 5.75 Å². The molecule has 3 aromatic rings. The van der Waals surface area contributed by atoms with Gasteiger partial charge in [0.1, 0.15) is 5.75 Å². The van der Waals surface area contributed by atoms with E-state index < -0.39 is 0 Å². The smallest absolute Gasteiger partial charge is 0.234 e. The number of ether oxygens (including phenoxy) is 1. The fraction of sp³-hybridized carbons (Fsp3) is 0.348. The van der Waals surface area contributed by atoms with Crippen LogP contribution in [-0.4, -0.2) is 26.4 Å². The molecule has 7 heteroatoms. The molecule has 1 amide bonds. The average Bonchev–Trinajstić information content (AvgIpc) is 3.14. The monoisotopic (exact) mass is 424 g/mol. The summed E-state index contributed by atoms with van der Waals surface area (Å²) in [6.45, 7) is 10.7. The molecule has 0 fully saturated rings. The van der Waals surface area contributed by atoms with Crippen molar-refractivity contribution in [1.82, 2.24) is 14.8 Å². The standard InChI is InChI=1S/C23H28N4O2S/c1-6-27-22(18(5)29-19-11-8-15(2)9-12-19)25-26-23(27)30-14-21(28)24-20-13-16(3)7-10-17(20)4/h7-13,18H,6,14H2,1-5H3,(H,24,28). The molecule has 3 rings (SSSR count). The summed E-state index contributed by atoms with van der Waals surface area (Å²) in [6, 6.07) is 14.0. The second-order valence-electron chi connectivity index (χ2n) is 7.31. The fourth-order valence-corrected chi connectivity index (χ4v) is 3.87. The Hall–Kier alpha value is -2.80. The van der Waals surface area contributed by atoms with Crippen molar-refractivity contribution in [3.8, 4) is 5.75 Å². The quantitative estimate of drug-likeness (QED) is 0.510. The molecule has 1 atom stereocenters. The number of benzene rings is 2. The molecule has 0 aliphatic carbocycles.